The molecule has 22 heavy (non-hydrogen) atoms. The smallest absolute Gasteiger partial charge is 0.214 e. The van der Waals surface area contributed by atoms with Gasteiger partial charge in [-0.05, 0) is 31.7 Å². The summed E-state index contributed by atoms with van der Waals surface area (Å²) >= 11 is 0. The van der Waals surface area contributed by atoms with Crippen molar-refractivity contribution in [1.82, 2.24) is 14.1 Å². The Balaban J connectivity index is 1.42. The second-order valence-electron chi connectivity index (χ2n) is 6.79. The van der Waals surface area contributed by atoms with Crippen LogP contribution in [0.1, 0.15) is 19.3 Å². The van der Waals surface area contributed by atoms with Gasteiger partial charge in [0.1, 0.15) is 0 Å². The first-order chi connectivity index (χ1) is 10.6. The van der Waals surface area contributed by atoms with Crippen LogP contribution in [0.3, 0.4) is 0 Å². The van der Waals surface area contributed by atoms with Gasteiger partial charge >= 0.3 is 0 Å². The summed E-state index contributed by atoms with van der Waals surface area (Å²) in [4.78, 5) is 4.98. The highest BCUT2D eigenvalue weighted by Crippen LogP contribution is 2.19. The predicted molar refractivity (Wildman–Crippen MR) is 86.4 cm³/mol. The molecule has 0 aromatic heterocycles. The second kappa shape index (κ2) is 7.57. The number of hydrogen-bond acceptors (Lipinski definition) is 5. The van der Waals surface area contributed by atoms with Crippen molar-refractivity contribution in [3.8, 4) is 0 Å². The predicted octanol–water partition coefficient (Wildman–Crippen LogP) is 0.0661. The lowest BCUT2D eigenvalue weighted by Crippen LogP contribution is -2.46. The molecule has 7 heteroatoms. The van der Waals surface area contributed by atoms with Crippen LogP contribution in [0.4, 0.5) is 0 Å². The summed E-state index contributed by atoms with van der Waals surface area (Å²) in [6.07, 6.45) is 3.33. The summed E-state index contributed by atoms with van der Waals surface area (Å²) in [5, 5.41) is 0. The third-order valence-corrected chi connectivity index (χ3v) is 7.05. The molecule has 0 radical (unpaired) electrons. The van der Waals surface area contributed by atoms with Gasteiger partial charge in [-0.3, -0.25) is 4.90 Å². The van der Waals surface area contributed by atoms with Crippen molar-refractivity contribution in [3.05, 3.63) is 0 Å². The number of nitrogens with zero attached hydrogens (tertiary/aromatic N) is 3. The van der Waals surface area contributed by atoms with Crippen LogP contribution < -0.4 is 0 Å². The average Bonchev–Trinajstić information content (AvgIpc) is 2.85. The molecule has 6 nitrogen and oxygen atoms in total. The molecule has 0 aromatic carbocycles. The van der Waals surface area contributed by atoms with Gasteiger partial charge in [-0.1, -0.05) is 0 Å². The van der Waals surface area contributed by atoms with E-state index in [-0.39, 0.29) is 0 Å². The minimum atomic E-state index is -2.94. The number of sulfonamides is 1. The first-order valence-electron chi connectivity index (χ1n) is 8.64. The highest BCUT2D eigenvalue weighted by molar-refractivity contribution is 7.89. The lowest BCUT2D eigenvalue weighted by molar-refractivity contribution is 0.0228. The maximum absolute atomic E-state index is 11.9. The van der Waals surface area contributed by atoms with Gasteiger partial charge in [0, 0.05) is 45.8 Å². The number of ether oxygens (including phenoxy) is 1. The summed E-state index contributed by atoms with van der Waals surface area (Å²) in [6.45, 7) is 9.52. The minimum absolute atomic E-state index is 0.340. The van der Waals surface area contributed by atoms with E-state index in [1.165, 1.54) is 19.4 Å². The fourth-order valence-electron chi connectivity index (χ4n) is 3.85. The molecule has 3 saturated heterocycles. The van der Waals surface area contributed by atoms with Crippen LogP contribution >= 0.6 is 0 Å². The largest absolute Gasteiger partial charge is 0.379 e. The molecule has 0 saturated carbocycles. The Hall–Kier alpha value is -0.210. The van der Waals surface area contributed by atoms with Crippen LogP contribution in [0.25, 0.3) is 0 Å². The van der Waals surface area contributed by atoms with E-state index in [2.05, 4.69) is 9.80 Å². The number of likely N-dealkylation sites (tertiary alicyclic amines) is 1. The highest BCUT2D eigenvalue weighted by Gasteiger charge is 2.29. The quantitative estimate of drug-likeness (QED) is 0.713. The molecule has 3 aliphatic heterocycles. The van der Waals surface area contributed by atoms with Crippen LogP contribution in [0.5, 0.6) is 0 Å². The molecule has 3 heterocycles. The maximum Gasteiger partial charge on any atom is 0.214 e. The molecule has 0 aliphatic carbocycles. The minimum Gasteiger partial charge on any atom is -0.379 e. The van der Waals surface area contributed by atoms with Crippen molar-refractivity contribution in [1.29, 1.82) is 0 Å². The van der Waals surface area contributed by atoms with Gasteiger partial charge in [-0.25, -0.2) is 12.7 Å². The first kappa shape index (κ1) is 16.6. The lowest BCUT2D eigenvalue weighted by atomic mass is 9.97. The van der Waals surface area contributed by atoms with Crippen LogP contribution in [-0.2, 0) is 14.8 Å². The van der Waals surface area contributed by atoms with Gasteiger partial charge in [-0.15, -0.1) is 0 Å². The van der Waals surface area contributed by atoms with E-state index >= 15 is 0 Å². The van der Waals surface area contributed by atoms with E-state index < -0.39 is 10.0 Å². The molecule has 0 N–H and O–H groups in total. The summed E-state index contributed by atoms with van der Waals surface area (Å²) in [7, 11) is -2.94. The monoisotopic (exact) mass is 331 g/mol. The van der Waals surface area contributed by atoms with E-state index in [0.29, 0.717) is 18.8 Å². The summed E-state index contributed by atoms with van der Waals surface area (Å²) in [6, 6.07) is 0. The molecule has 128 valence electrons. The van der Waals surface area contributed by atoms with E-state index in [1.807, 2.05) is 0 Å². The van der Waals surface area contributed by atoms with Crippen molar-refractivity contribution in [3.63, 3.8) is 0 Å². The van der Waals surface area contributed by atoms with Crippen molar-refractivity contribution in [2.45, 2.75) is 19.3 Å². The molecule has 0 aromatic rings. The molecule has 3 fully saturated rings. The van der Waals surface area contributed by atoms with E-state index in [4.69, 9.17) is 4.74 Å². The summed E-state index contributed by atoms with van der Waals surface area (Å²) in [5.41, 5.74) is 0. The van der Waals surface area contributed by atoms with E-state index in [9.17, 15) is 8.42 Å². The Kier molecular flexibility index (Phi) is 5.73. The van der Waals surface area contributed by atoms with Crippen LogP contribution in [0.15, 0.2) is 0 Å². The zero-order chi connectivity index (χ0) is 15.4. The summed E-state index contributed by atoms with van der Waals surface area (Å²) < 4.78 is 30.8. The fraction of sp³-hybridized carbons (Fsp3) is 1.00. The molecule has 3 rings (SSSR count). The zero-order valence-electron chi connectivity index (χ0n) is 13.5. The van der Waals surface area contributed by atoms with Crippen molar-refractivity contribution in [2.75, 3.05) is 71.3 Å². The molecule has 0 spiro atoms. The van der Waals surface area contributed by atoms with Crippen LogP contribution in [-0.4, -0.2) is 93.8 Å². The average molecular weight is 331 g/mol. The van der Waals surface area contributed by atoms with Gasteiger partial charge in [0.05, 0.1) is 19.0 Å². The molecule has 0 amide bonds. The molecular formula is C15H29N3O3S. The SMILES string of the molecule is O=S1(=O)CCCN1CCN1CCCC(CN2CCOCC2)C1. The highest BCUT2D eigenvalue weighted by atomic mass is 32.2. The molecule has 1 unspecified atom stereocenters. The van der Waals surface area contributed by atoms with Gasteiger partial charge in [0.15, 0.2) is 0 Å². The molecular weight excluding hydrogens is 302 g/mol. The third-order valence-electron chi connectivity index (χ3n) is 5.09. The Morgan fingerprint density at radius 3 is 2.50 bits per heavy atom. The first-order valence-corrected chi connectivity index (χ1v) is 10.2. The Morgan fingerprint density at radius 1 is 0.955 bits per heavy atom. The van der Waals surface area contributed by atoms with Crippen molar-refractivity contribution < 1.29 is 13.2 Å². The third kappa shape index (κ3) is 4.41. The Bertz CT molecular complexity index is 451. The van der Waals surface area contributed by atoms with Gasteiger partial charge < -0.3 is 9.64 Å². The van der Waals surface area contributed by atoms with Gasteiger partial charge in [0.25, 0.3) is 0 Å². The fourth-order valence-corrected chi connectivity index (χ4v) is 5.37. The molecule has 0 bridgehead atoms. The normalized spacial score (nSPS) is 31.5. The van der Waals surface area contributed by atoms with Crippen LogP contribution in [0.2, 0.25) is 0 Å². The number of rotatable bonds is 5. The number of hydrogen-bond donors (Lipinski definition) is 0. The number of morpholine rings is 1. The number of piperidine rings is 1. The standard InChI is InChI=1S/C15H29N3O3S/c19-22(20)12-2-5-18(22)7-6-16-4-1-3-15(13-16)14-17-8-10-21-11-9-17/h15H,1-14H2. The Labute approximate surface area is 134 Å². The van der Waals surface area contributed by atoms with Crippen molar-refractivity contribution in [2.24, 2.45) is 5.92 Å². The van der Waals surface area contributed by atoms with Gasteiger partial charge in [-0.2, -0.15) is 0 Å². The second-order valence-corrected chi connectivity index (χ2v) is 8.88. The zero-order valence-corrected chi connectivity index (χ0v) is 14.3. The van der Waals surface area contributed by atoms with Crippen LogP contribution in [0, 0.1) is 5.92 Å². The summed E-state index contributed by atoms with van der Waals surface area (Å²) in [5.74, 6) is 1.06. The van der Waals surface area contributed by atoms with Crippen molar-refractivity contribution >= 4 is 10.0 Å². The molecule has 1 atom stereocenters. The molecule has 3 aliphatic rings. The van der Waals surface area contributed by atoms with Gasteiger partial charge in [0.2, 0.25) is 10.0 Å². The maximum atomic E-state index is 11.9. The lowest BCUT2D eigenvalue weighted by Gasteiger charge is -2.37. The topological polar surface area (TPSA) is 53.1 Å². The van der Waals surface area contributed by atoms with E-state index in [0.717, 1.165) is 58.3 Å². The van der Waals surface area contributed by atoms with E-state index in [1.54, 1.807) is 4.31 Å². The Morgan fingerprint density at radius 2 is 1.77 bits per heavy atom.